The molecule has 21 heavy (non-hydrogen) atoms. The van der Waals surface area contributed by atoms with Gasteiger partial charge in [-0.3, -0.25) is 9.59 Å². The van der Waals surface area contributed by atoms with E-state index in [2.05, 4.69) is 13.8 Å². The van der Waals surface area contributed by atoms with Crippen molar-refractivity contribution in [1.82, 2.24) is 0 Å². The van der Waals surface area contributed by atoms with Gasteiger partial charge in [-0.1, -0.05) is 13.8 Å². The first kappa shape index (κ1) is 16.5. The Hall–Kier alpha value is -0.860. The maximum absolute atomic E-state index is 12.2. The third-order valence-corrected chi connectivity index (χ3v) is 5.79. The van der Waals surface area contributed by atoms with Crippen LogP contribution >= 0.6 is 0 Å². The lowest BCUT2D eigenvalue weighted by Crippen LogP contribution is -2.39. The van der Waals surface area contributed by atoms with E-state index in [1.54, 1.807) is 0 Å². The zero-order valence-electron chi connectivity index (χ0n) is 14.0. The lowest BCUT2D eigenvalue weighted by molar-refractivity contribution is -0.148. The van der Waals surface area contributed by atoms with Crippen molar-refractivity contribution in [3.63, 3.8) is 0 Å². The van der Waals surface area contributed by atoms with Crippen LogP contribution in [0.1, 0.15) is 72.6 Å². The normalized spacial score (nSPS) is 33.9. The van der Waals surface area contributed by atoms with Gasteiger partial charge >= 0.3 is 5.97 Å². The summed E-state index contributed by atoms with van der Waals surface area (Å²) in [6, 6.07) is 0. The van der Waals surface area contributed by atoms with Gasteiger partial charge in [-0.15, -0.1) is 0 Å². The van der Waals surface area contributed by atoms with Crippen LogP contribution in [0.2, 0.25) is 0 Å². The van der Waals surface area contributed by atoms with Crippen LogP contribution in [0.15, 0.2) is 0 Å². The van der Waals surface area contributed by atoms with E-state index in [0.29, 0.717) is 24.0 Å². The molecule has 0 N–H and O–H groups in total. The first-order valence-corrected chi connectivity index (χ1v) is 8.56. The molecule has 0 saturated heterocycles. The van der Waals surface area contributed by atoms with Gasteiger partial charge in [-0.05, 0) is 63.2 Å². The molecular weight excluding hydrogens is 264 g/mol. The number of fused-ring (bicyclic) bond motifs is 1. The standard InChI is InChI=1S/C18H30O3/c1-12(2)21-17(20)10-7-13(3)14-8-9-15-16(19)6-5-11-18(14,15)4/h12-15H,5-11H2,1-4H3/t13-,14-,15+,18+/m1/s1. The maximum atomic E-state index is 12.2. The van der Waals surface area contributed by atoms with Gasteiger partial charge in [0.1, 0.15) is 5.78 Å². The van der Waals surface area contributed by atoms with Crippen LogP contribution < -0.4 is 0 Å². The van der Waals surface area contributed by atoms with Crippen LogP contribution in [-0.4, -0.2) is 17.9 Å². The maximum Gasteiger partial charge on any atom is 0.306 e. The monoisotopic (exact) mass is 294 g/mol. The lowest BCUT2D eigenvalue weighted by Gasteiger charge is -2.42. The average Bonchev–Trinajstić information content (AvgIpc) is 2.74. The number of hydrogen-bond donors (Lipinski definition) is 0. The Kier molecular flexibility index (Phi) is 5.11. The van der Waals surface area contributed by atoms with E-state index in [1.807, 2.05) is 13.8 Å². The summed E-state index contributed by atoms with van der Waals surface area (Å²) in [6.07, 6.45) is 6.56. The Morgan fingerprint density at radius 2 is 2.05 bits per heavy atom. The number of carbonyl (C=O) groups excluding carboxylic acids is 2. The molecule has 2 fully saturated rings. The number of rotatable bonds is 5. The van der Waals surface area contributed by atoms with Gasteiger partial charge in [0, 0.05) is 18.8 Å². The molecule has 0 unspecified atom stereocenters. The van der Waals surface area contributed by atoms with Gasteiger partial charge in [0.15, 0.2) is 0 Å². The van der Waals surface area contributed by atoms with Crippen molar-refractivity contribution in [2.45, 2.75) is 78.7 Å². The molecule has 4 atom stereocenters. The van der Waals surface area contributed by atoms with E-state index < -0.39 is 0 Å². The third kappa shape index (κ3) is 3.49. The van der Waals surface area contributed by atoms with Crippen LogP contribution in [0.3, 0.4) is 0 Å². The lowest BCUT2D eigenvalue weighted by atomic mass is 9.62. The van der Waals surface area contributed by atoms with Crippen LogP contribution in [0.4, 0.5) is 0 Å². The number of Topliss-reactive ketones (excluding diaryl/α,β-unsaturated/α-hetero) is 1. The highest BCUT2D eigenvalue weighted by molar-refractivity contribution is 5.83. The van der Waals surface area contributed by atoms with Crippen molar-refractivity contribution in [1.29, 1.82) is 0 Å². The number of hydrogen-bond acceptors (Lipinski definition) is 3. The second-order valence-electron chi connectivity index (χ2n) is 7.62. The van der Waals surface area contributed by atoms with Crippen molar-refractivity contribution in [3.05, 3.63) is 0 Å². The van der Waals surface area contributed by atoms with Crippen molar-refractivity contribution >= 4 is 11.8 Å². The molecule has 0 radical (unpaired) electrons. The van der Waals surface area contributed by atoms with Gasteiger partial charge in [0.05, 0.1) is 6.10 Å². The number of esters is 1. The third-order valence-electron chi connectivity index (χ3n) is 5.79. The smallest absolute Gasteiger partial charge is 0.306 e. The zero-order chi connectivity index (χ0) is 15.6. The fourth-order valence-corrected chi connectivity index (χ4v) is 4.77. The largest absolute Gasteiger partial charge is 0.463 e. The molecule has 2 aliphatic carbocycles. The Morgan fingerprint density at radius 3 is 2.71 bits per heavy atom. The zero-order valence-corrected chi connectivity index (χ0v) is 14.0. The summed E-state index contributed by atoms with van der Waals surface area (Å²) in [5.74, 6) is 1.75. The van der Waals surface area contributed by atoms with Crippen molar-refractivity contribution in [2.24, 2.45) is 23.2 Å². The molecule has 0 spiro atoms. The van der Waals surface area contributed by atoms with Gasteiger partial charge in [-0.25, -0.2) is 0 Å². The summed E-state index contributed by atoms with van der Waals surface area (Å²) in [5.41, 5.74) is 0.177. The molecule has 0 aromatic carbocycles. The van der Waals surface area contributed by atoms with Crippen LogP contribution in [-0.2, 0) is 14.3 Å². The molecule has 2 rings (SSSR count). The number of carbonyl (C=O) groups is 2. The van der Waals surface area contributed by atoms with Crippen molar-refractivity contribution in [2.75, 3.05) is 0 Å². The second-order valence-corrected chi connectivity index (χ2v) is 7.62. The average molecular weight is 294 g/mol. The minimum Gasteiger partial charge on any atom is -0.463 e. The highest BCUT2D eigenvalue weighted by atomic mass is 16.5. The van der Waals surface area contributed by atoms with E-state index >= 15 is 0 Å². The van der Waals surface area contributed by atoms with Crippen LogP contribution in [0.25, 0.3) is 0 Å². The predicted octanol–water partition coefficient (Wildman–Crippen LogP) is 4.14. The van der Waals surface area contributed by atoms with Crippen molar-refractivity contribution in [3.8, 4) is 0 Å². The quantitative estimate of drug-likeness (QED) is 0.716. The highest BCUT2D eigenvalue weighted by Gasteiger charge is 2.52. The molecule has 3 nitrogen and oxygen atoms in total. The number of ether oxygens (including phenoxy) is 1. The first-order chi connectivity index (χ1) is 9.84. The molecule has 3 heteroatoms. The summed E-state index contributed by atoms with van der Waals surface area (Å²) in [7, 11) is 0. The Balaban J connectivity index is 1.92. The van der Waals surface area contributed by atoms with Crippen LogP contribution in [0.5, 0.6) is 0 Å². The molecule has 0 aromatic rings. The summed E-state index contributed by atoms with van der Waals surface area (Å²) in [6.45, 7) is 8.34. The Bertz CT molecular complexity index is 401. The summed E-state index contributed by atoms with van der Waals surface area (Å²) < 4.78 is 5.22. The fraction of sp³-hybridized carbons (Fsp3) is 0.889. The van der Waals surface area contributed by atoms with Crippen molar-refractivity contribution < 1.29 is 14.3 Å². The van der Waals surface area contributed by atoms with Gasteiger partial charge < -0.3 is 4.74 Å². The summed E-state index contributed by atoms with van der Waals surface area (Å²) in [5, 5.41) is 0. The molecule has 0 heterocycles. The SMILES string of the molecule is CC(C)OC(=O)CC[C@@H](C)[C@H]1CC[C@H]2C(=O)CCC[C@@]12C. The predicted molar refractivity (Wildman–Crippen MR) is 82.8 cm³/mol. The molecule has 0 aliphatic heterocycles. The number of ketones is 1. The minimum absolute atomic E-state index is 0.0304. The molecule has 0 aromatic heterocycles. The van der Waals surface area contributed by atoms with E-state index in [-0.39, 0.29) is 23.4 Å². The molecule has 0 bridgehead atoms. The van der Waals surface area contributed by atoms with Gasteiger partial charge in [-0.2, -0.15) is 0 Å². The molecule has 2 aliphatic rings. The van der Waals surface area contributed by atoms with Gasteiger partial charge in [0.2, 0.25) is 0 Å². The van der Waals surface area contributed by atoms with E-state index in [9.17, 15) is 9.59 Å². The first-order valence-electron chi connectivity index (χ1n) is 8.56. The van der Waals surface area contributed by atoms with Crippen LogP contribution in [0, 0.1) is 23.2 Å². The van der Waals surface area contributed by atoms with E-state index in [4.69, 9.17) is 4.74 Å². The second kappa shape index (κ2) is 6.50. The van der Waals surface area contributed by atoms with E-state index in [0.717, 1.165) is 32.1 Å². The summed E-state index contributed by atoms with van der Waals surface area (Å²) >= 11 is 0. The Morgan fingerprint density at radius 1 is 1.33 bits per heavy atom. The topological polar surface area (TPSA) is 43.4 Å². The molecular formula is C18H30O3. The summed E-state index contributed by atoms with van der Waals surface area (Å²) in [4.78, 5) is 23.9. The molecule has 2 saturated carbocycles. The molecule has 0 amide bonds. The minimum atomic E-state index is -0.0868. The Labute approximate surface area is 128 Å². The molecule has 120 valence electrons. The van der Waals surface area contributed by atoms with Gasteiger partial charge in [0.25, 0.3) is 0 Å². The van der Waals surface area contributed by atoms with E-state index in [1.165, 1.54) is 6.42 Å². The highest BCUT2D eigenvalue weighted by Crippen LogP contribution is 2.57. The fourth-order valence-electron chi connectivity index (χ4n) is 4.77.